The molecule has 84 valence electrons. The third-order valence-corrected chi connectivity index (χ3v) is 2.74. The van der Waals surface area contributed by atoms with E-state index in [0.29, 0.717) is 18.8 Å². The highest BCUT2D eigenvalue weighted by molar-refractivity contribution is 6.01. The molecule has 1 saturated carbocycles. The molecule has 0 amide bonds. The fourth-order valence-corrected chi connectivity index (χ4v) is 1.92. The molecule has 0 unspecified atom stereocenters. The number of ether oxygens (including phenoxy) is 1. The van der Waals surface area contributed by atoms with E-state index in [4.69, 9.17) is 4.74 Å². The maximum absolute atomic E-state index is 11.5. The number of hydrogen-bond acceptors (Lipinski definition) is 2. The van der Waals surface area contributed by atoms with Gasteiger partial charge in [0.15, 0.2) is 5.78 Å². The van der Waals surface area contributed by atoms with Gasteiger partial charge in [-0.15, -0.1) is 0 Å². The van der Waals surface area contributed by atoms with Crippen LogP contribution in [0, 0.1) is 0 Å². The summed E-state index contributed by atoms with van der Waals surface area (Å²) in [5, 5.41) is 0. The van der Waals surface area contributed by atoms with E-state index in [-0.39, 0.29) is 0 Å². The van der Waals surface area contributed by atoms with Gasteiger partial charge in [-0.1, -0.05) is 12.1 Å². The maximum Gasteiger partial charge on any atom is 0.158 e. The van der Waals surface area contributed by atoms with Crippen molar-refractivity contribution in [3.05, 3.63) is 35.4 Å². The molecular weight excluding hydrogens is 200 g/mol. The van der Waals surface area contributed by atoms with Crippen molar-refractivity contribution in [2.75, 3.05) is 6.61 Å². The zero-order chi connectivity index (χ0) is 11.4. The molecule has 0 spiro atoms. The van der Waals surface area contributed by atoms with Gasteiger partial charge in [-0.05, 0) is 49.1 Å². The van der Waals surface area contributed by atoms with Gasteiger partial charge < -0.3 is 4.74 Å². The molecule has 1 fully saturated rings. The second-order valence-electron chi connectivity index (χ2n) is 3.95. The minimum atomic E-state index is 0.300. The van der Waals surface area contributed by atoms with Crippen LogP contribution in [-0.4, -0.2) is 12.4 Å². The van der Waals surface area contributed by atoms with Gasteiger partial charge in [0, 0.05) is 6.42 Å². The molecule has 2 rings (SSSR count). The van der Waals surface area contributed by atoms with Gasteiger partial charge in [-0.25, -0.2) is 0 Å². The molecular formula is C14H16O2. The van der Waals surface area contributed by atoms with Crippen LogP contribution in [0.15, 0.2) is 29.8 Å². The lowest BCUT2D eigenvalue weighted by molar-refractivity contribution is -0.114. The van der Waals surface area contributed by atoms with E-state index in [1.54, 1.807) is 0 Å². The maximum atomic E-state index is 11.5. The van der Waals surface area contributed by atoms with E-state index in [0.717, 1.165) is 29.7 Å². The summed E-state index contributed by atoms with van der Waals surface area (Å²) in [6.45, 7) is 2.64. The fourth-order valence-electron chi connectivity index (χ4n) is 1.92. The average Bonchev–Trinajstić information content (AvgIpc) is 2.68. The number of carbonyl (C=O) groups is 1. The van der Waals surface area contributed by atoms with Crippen LogP contribution in [0.2, 0.25) is 0 Å². The van der Waals surface area contributed by atoms with Crippen molar-refractivity contribution >= 4 is 11.9 Å². The Kier molecular flexibility index (Phi) is 3.40. The standard InChI is InChI=1S/C14H16O2/c1-2-16-13-8-6-11(7-9-13)10-12-4-3-5-14(12)15/h6-10H,2-5H2,1H3. The van der Waals surface area contributed by atoms with Crippen LogP contribution in [0.25, 0.3) is 6.08 Å². The smallest absolute Gasteiger partial charge is 0.158 e. The predicted octanol–water partition coefficient (Wildman–Crippen LogP) is 3.22. The van der Waals surface area contributed by atoms with Crippen LogP contribution in [-0.2, 0) is 4.79 Å². The molecule has 0 aliphatic heterocycles. The molecule has 0 aromatic heterocycles. The van der Waals surface area contributed by atoms with E-state index in [1.807, 2.05) is 37.3 Å². The highest BCUT2D eigenvalue weighted by Crippen LogP contribution is 2.23. The SMILES string of the molecule is CCOc1ccc(C=C2CCCC2=O)cc1. The van der Waals surface area contributed by atoms with E-state index in [1.165, 1.54) is 0 Å². The number of Topliss-reactive ketones (excluding diaryl/α,β-unsaturated/α-hetero) is 1. The Labute approximate surface area is 95.9 Å². The molecule has 2 heteroatoms. The van der Waals surface area contributed by atoms with Crippen molar-refractivity contribution in [3.8, 4) is 5.75 Å². The van der Waals surface area contributed by atoms with E-state index < -0.39 is 0 Å². The van der Waals surface area contributed by atoms with Gasteiger partial charge in [0.1, 0.15) is 5.75 Å². The lowest BCUT2D eigenvalue weighted by atomic mass is 10.1. The van der Waals surface area contributed by atoms with E-state index in [2.05, 4.69) is 0 Å². The first-order valence-corrected chi connectivity index (χ1v) is 5.76. The summed E-state index contributed by atoms with van der Waals surface area (Å²) in [6, 6.07) is 7.86. The first-order chi connectivity index (χ1) is 7.79. The summed E-state index contributed by atoms with van der Waals surface area (Å²) in [6.07, 6.45) is 4.63. The second kappa shape index (κ2) is 4.97. The van der Waals surface area contributed by atoms with Gasteiger partial charge in [0.05, 0.1) is 6.61 Å². The van der Waals surface area contributed by atoms with Crippen molar-refractivity contribution < 1.29 is 9.53 Å². The summed E-state index contributed by atoms with van der Waals surface area (Å²) in [5.74, 6) is 1.18. The number of allylic oxidation sites excluding steroid dienone is 1. The minimum Gasteiger partial charge on any atom is -0.494 e. The van der Waals surface area contributed by atoms with Crippen LogP contribution >= 0.6 is 0 Å². The first-order valence-electron chi connectivity index (χ1n) is 5.76. The average molecular weight is 216 g/mol. The predicted molar refractivity (Wildman–Crippen MR) is 64.4 cm³/mol. The van der Waals surface area contributed by atoms with Gasteiger partial charge in [0.2, 0.25) is 0 Å². The lowest BCUT2D eigenvalue weighted by Gasteiger charge is -2.02. The van der Waals surface area contributed by atoms with Crippen LogP contribution < -0.4 is 4.74 Å². The van der Waals surface area contributed by atoms with Crippen LogP contribution in [0.3, 0.4) is 0 Å². The van der Waals surface area contributed by atoms with Crippen molar-refractivity contribution in [1.29, 1.82) is 0 Å². The Bertz CT molecular complexity index is 401. The Balaban J connectivity index is 2.13. The molecule has 0 N–H and O–H groups in total. The van der Waals surface area contributed by atoms with Crippen molar-refractivity contribution in [3.63, 3.8) is 0 Å². The molecule has 1 aliphatic carbocycles. The number of rotatable bonds is 3. The number of hydrogen-bond donors (Lipinski definition) is 0. The molecule has 1 aliphatic rings. The third-order valence-electron chi connectivity index (χ3n) is 2.74. The summed E-state index contributed by atoms with van der Waals surface area (Å²) >= 11 is 0. The minimum absolute atomic E-state index is 0.300. The highest BCUT2D eigenvalue weighted by Gasteiger charge is 2.16. The number of ketones is 1. The molecule has 2 nitrogen and oxygen atoms in total. The molecule has 0 bridgehead atoms. The topological polar surface area (TPSA) is 26.3 Å². The van der Waals surface area contributed by atoms with Crippen molar-refractivity contribution in [2.24, 2.45) is 0 Å². The quantitative estimate of drug-likeness (QED) is 0.725. The van der Waals surface area contributed by atoms with Gasteiger partial charge >= 0.3 is 0 Å². The Hall–Kier alpha value is -1.57. The van der Waals surface area contributed by atoms with E-state index >= 15 is 0 Å². The molecule has 16 heavy (non-hydrogen) atoms. The van der Waals surface area contributed by atoms with Crippen molar-refractivity contribution in [2.45, 2.75) is 26.2 Å². The monoisotopic (exact) mass is 216 g/mol. The van der Waals surface area contributed by atoms with Crippen LogP contribution in [0.5, 0.6) is 5.75 Å². The Morgan fingerprint density at radius 2 is 2.00 bits per heavy atom. The summed E-state index contributed by atoms with van der Waals surface area (Å²) in [7, 11) is 0. The summed E-state index contributed by atoms with van der Waals surface area (Å²) < 4.78 is 5.36. The normalized spacial score (nSPS) is 18.1. The van der Waals surface area contributed by atoms with Crippen LogP contribution in [0.1, 0.15) is 31.7 Å². The largest absolute Gasteiger partial charge is 0.494 e. The van der Waals surface area contributed by atoms with Gasteiger partial charge in [-0.3, -0.25) is 4.79 Å². The fraction of sp³-hybridized carbons (Fsp3) is 0.357. The lowest BCUT2D eigenvalue weighted by Crippen LogP contribution is -1.92. The highest BCUT2D eigenvalue weighted by atomic mass is 16.5. The zero-order valence-electron chi connectivity index (χ0n) is 9.53. The molecule has 0 heterocycles. The molecule has 0 atom stereocenters. The van der Waals surface area contributed by atoms with Crippen LogP contribution in [0.4, 0.5) is 0 Å². The van der Waals surface area contributed by atoms with E-state index in [9.17, 15) is 4.79 Å². The summed E-state index contributed by atoms with van der Waals surface area (Å²) in [5.41, 5.74) is 2.04. The molecule has 0 radical (unpaired) electrons. The third kappa shape index (κ3) is 2.51. The first kappa shape index (κ1) is 10.9. The zero-order valence-corrected chi connectivity index (χ0v) is 9.53. The Morgan fingerprint density at radius 1 is 1.25 bits per heavy atom. The number of carbonyl (C=O) groups excluding carboxylic acids is 1. The van der Waals surface area contributed by atoms with Crippen molar-refractivity contribution in [1.82, 2.24) is 0 Å². The number of benzene rings is 1. The molecule has 1 aromatic rings. The van der Waals surface area contributed by atoms with Gasteiger partial charge in [0.25, 0.3) is 0 Å². The molecule has 0 saturated heterocycles. The second-order valence-corrected chi connectivity index (χ2v) is 3.95. The molecule has 1 aromatic carbocycles. The summed E-state index contributed by atoms with van der Waals surface area (Å²) in [4.78, 5) is 11.5. The Morgan fingerprint density at radius 3 is 2.56 bits per heavy atom. The van der Waals surface area contributed by atoms with Gasteiger partial charge in [-0.2, -0.15) is 0 Å².